The maximum atomic E-state index is 2.44. The topological polar surface area (TPSA) is 0 Å². The molecule has 0 aromatic heterocycles. The highest BCUT2D eigenvalue weighted by Crippen LogP contribution is 2.51. The average molecular weight is 673 g/mol. The first-order valence-corrected chi connectivity index (χ1v) is 18.7. The molecule has 0 fully saturated rings. The summed E-state index contributed by atoms with van der Waals surface area (Å²) in [5.74, 6) is 0. The molecule has 11 rings (SSSR count). The second-order valence-electron chi connectivity index (χ2n) is 15.3. The van der Waals surface area contributed by atoms with Gasteiger partial charge in [-0.15, -0.1) is 0 Å². The van der Waals surface area contributed by atoms with Gasteiger partial charge in [0.2, 0.25) is 0 Å². The maximum Gasteiger partial charge on any atom is 0.0159 e. The molecule has 0 saturated heterocycles. The third kappa shape index (κ3) is 4.62. The van der Waals surface area contributed by atoms with Gasteiger partial charge in [0.15, 0.2) is 0 Å². The zero-order valence-electron chi connectivity index (χ0n) is 29.8. The molecule has 10 aromatic carbocycles. The van der Waals surface area contributed by atoms with Gasteiger partial charge in [0.1, 0.15) is 0 Å². The number of hydrogen-bond donors (Lipinski definition) is 0. The average Bonchev–Trinajstić information content (AvgIpc) is 3.44. The van der Waals surface area contributed by atoms with Gasteiger partial charge in [-0.05, 0) is 140 Å². The smallest absolute Gasteiger partial charge is 0.0159 e. The fourth-order valence-electron chi connectivity index (χ4n) is 9.20. The summed E-state index contributed by atoms with van der Waals surface area (Å²) < 4.78 is 0. The first-order valence-electron chi connectivity index (χ1n) is 18.7. The fraction of sp³-hybridized carbons (Fsp3) is 0.0566. The Bertz CT molecular complexity index is 3070. The summed E-state index contributed by atoms with van der Waals surface area (Å²) in [4.78, 5) is 0. The van der Waals surface area contributed by atoms with Crippen molar-refractivity contribution in [1.82, 2.24) is 0 Å². The lowest BCUT2D eigenvalue weighted by Crippen LogP contribution is -2.15. The highest BCUT2D eigenvalue weighted by molar-refractivity contribution is 6.25. The van der Waals surface area contributed by atoms with Crippen LogP contribution in [0.15, 0.2) is 182 Å². The first kappa shape index (κ1) is 30.2. The van der Waals surface area contributed by atoms with Crippen molar-refractivity contribution < 1.29 is 0 Å². The molecule has 248 valence electrons. The molecule has 0 heterocycles. The highest BCUT2D eigenvalue weighted by atomic mass is 14.4. The molecule has 1 aliphatic carbocycles. The van der Waals surface area contributed by atoms with Crippen LogP contribution in [-0.2, 0) is 5.41 Å². The van der Waals surface area contributed by atoms with Gasteiger partial charge in [-0.25, -0.2) is 0 Å². The molecule has 0 radical (unpaired) electrons. The van der Waals surface area contributed by atoms with Crippen molar-refractivity contribution >= 4 is 43.1 Å². The Kier molecular flexibility index (Phi) is 6.40. The molecular weight excluding hydrogens is 637 g/mol. The van der Waals surface area contributed by atoms with Crippen LogP contribution in [0.3, 0.4) is 0 Å². The van der Waals surface area contributed by atoms with Crippen molar-refractivity contribution in [3.63, 3.8) is 0 Å². The molecule has 0 saturated carbocycles. The summed E-state index contributed by atoms with van der Waals surface area (Å²) in [7, 11) is 0. The predicted octanol–water partition coefficient (Wildman–Crippen LogP) is 14.7. The van der Waals surface area contributed by atoms with Gasteiger partial charge in [0.25, 0.3) is 0 Å². The van der Waals surface area contributed by atoms with Crippen LogP contribution in [0.2, 0.25) is 0 Å². The summed E-state index contributed by atoms with van der Waals surface area (Å²) >= 11 is 0. The van der Waals surface area contributed by atoms with Crippen molar-refractivity contribution in [2.24, 2.45) is 0 Å². The van der Waals surface area contributed by atoms with E-state index >= 15 is 0 Å². The molecule has 53 heavy (non-hydrogen) atoms. The minimum absolute atomic E-state index is 0.111. The number of fused-ring (bicyclic) bond motifs is 4. The summed E-state index contributed by atoms with van der Waals surface area (Å²) in [5, 5.41) is 10.5. The molecule has 0 unspecified atom stereocenters. The minimum atomic E-state index is -0.111. The number of benzene rings is 10. The molecule has 0 spiro atoms. The third-order valence-electron chi connectivity index (χ3n) is 12.0. The number of hydrogen-bond acceptors (Lipinski definition) is 0. The Morgan fingerprint density at radius 2 is 0.717 bits per heavy atom. The second kappa shape index (κ2) is 11.2. The van der Waals surface area contributed by atoms with Gasteiger partial charge in [0, 0.05) is 5.41 Å². The van der Waals surface area contributed by atoms with Crippen LogP contribution < -0.4 is 0 Å². The lowest BCUT2D eigenvalue weighted by Gasteiger charge is -2.23. The highest BCUT2D eigenvalue weighted by Gasteiger charge is 2.36. The Morgan fingerprint density at radius 3 is 1.40 bits per heavy atom. The molecule has 0 atom stereocenters. The quantitative estimate of drug-likeness (QED) is 0.163. The Labute approximate surface area is 310 Å². The van der Waals surface area contributed by atoms with Crippen molar-refractivity contribution in [3.05, 3.63) is 193 Å². The summed E-state index contributed by atoms with van der Waals surface area (Å²) in [6, 6.07) is 68.0. The van der Waals surface area contributed by atoms with Gasteiger partial charge >= 0.3 is 0 Å². The van der Waals surface area contributed by atoms with E-state index in [2.05, 4.69) is 196 Å². The van der Waals surface area contributed by atoms with Crippen LogP contribution in [0.1, 0.15) is 25.0 Å². The molecule has 0 bridgehead atoms. The standard InChI is InChI=1S/C53H36/c1-53(2)49-31-42(22-25-46(49)47-26-23-43(32-50(47)53)41-19-16-33-8-3-4-9-37(33)28-41)39-13-6-12-38(29-39)40-14-7-15-44(30-40)45-24-20-36-18-17-34-10-5-11-35-21-27-48(45)52(36)51(34)35/h3-32H,1-2H3. The van der Waals surface area contributed by atoms with Crippen LogP contribution in [0.4, 0.5) is 0 Å². The molecular formula is C53H36. The summed E-state index contributed by atoms with van der Waals surface area (Å²) in [6.45, 7) is 4.76. The Morgan fingerprint density at radius 1 is 0.283 bits per heavy atom. The normalized spacial score (nSPS) is 13.2. The van der Waals surface area contributed by atoms with E-state index in [0.717, 1.165) is 0 Å². The zero-order valence-corrected chi connectivity index (χ0v) is 29.8. The van der Waals surface area contributed by atoms with Crippen LogP contribution >= 0.6 is 0 Å². The molecule has 0 N–H and O–H groups in total. The molecule has 0 amide bonds. The minimum Gasteiger partial charge on any atom is -0.0616 e. The van der Waals surface area contributed by atoms with Crippen molar-refractivity contribution in [1.29, 1.82) is 0 Å². The van der Waals surface area contributed by atoms with E-state index in [-0.39, 0.29) is 5.41 Å². The molecule has 0 aliphatic heterocycles. The first-order chi connectivity index (χ1) is 26.0. The third-order valence-corrected chi connectivity index (χ3v) is 12.0. The zero-order chi connectivity index (χ0) is 35.3. The molecule has 0 nitrogen and oxygen atoms in total. The van der Waals surface area contributed by atoms with Crippen molar-refractivity contribution in [2.75, 3.05) is 0 Å². The fourth-order valence-corrected chi connectivity index (χ4v) is 9.20. The van der Waals surface area contributed by atoms with E-state index in [1.807, 2.05) is 0 Å². The monoisotopic (exact) mass is 672 g/mol. The number of rotatable bonds is 4. The SMILES string of the molecule is CC1(C)c2cc(-c3cccc(-c4cccc(-c5ccc6ccc7cccc8ccc5c6c78)c4)c3)ccc2-c2ccc(-c3ccc4ccccc4c3)cc21. The second-order valence-corrected chi connectivity index (χ2v) is 15.3. The van der Waals surface area contributed by atoms with E-state index in [1.54, 1.807) is 0 Å². The Hall–Kier alpha value is -6.50. The largest absolute Gasteiger partial charge is 0.0616 e. The van der Waals surface area contributed by atoms with Gasteiger partial charge in [0.05, 0.1) is 0 Å². The van der Waals surface area contributed by atoms with E-state index in [0.29, 0.717) is 0 Å². The molecule has 10 aromatic rings. The van der Waals surface area contributed by atoms with E-state index in [1.165, 1.54) is 110 Å². The molecule has 0 heteroatoms. The van der Waals surface area contributed by atoms with Crippen LogP contribution in [0, 0.1) is 0 Å². The van der Waals surface area contributed by atoms with Crippen LogP contribution in [0.25, 0.3) is 98.7 Å². The Balaban J connectivity index is 0.949. The van der Waals surface area contributed by atoms with Crippen molar-refractivity contribution in [2.45, 2.75) is 19.3 Å². The summed E-state index contributed by atoms with van der Waals surface area (Å²) in [5.41, 5.74) is 15.4. The van der Waals surface area contributed by atoms with Crippen LogP contribution in [-0.4, -0.2) is 0 Å². The van der Waals surface area contributed by atoms with E-state index < -0.39 is 0 Å². The lowest BCUT2D eigenvalue weighted by atomic mass is 9.80. The summed E-state index contributed by atoms with van der Waals surface area (Å²) in [6.07, 6.45) is 0. The van der Waals surface area contributed by atoms with Gasteiger partial charge in [-0.3, -0.25) is 0 Å². The predicted molar refractivity (Wildman–Crippen MR) is 227 cm³/mol. The van der Waals surface area contributed by atoms with E-state index in [4.69, 9.17) is 0 Å². The van der Waals surface area contributed by atoms with Gasteiger partial charge < -0.3 is 0 Å². The maximum absolute atomic E-state index is 2.44. The van der Waals surface area contributed by atoms with E-state index in [9.17, 15) is 0 Å². The lowest BCUT2D eigenvalue weighted by molar-refractivity contribution is 0.661. The van der Waals surface area contributed by atoms with Crippen molar-refractivity contribution in [3.8, 4) is 55.6 Å². The van der Waals surface area contributed by atoms with Gasteiger partial charge in [-0.1, -0.05) is 166 Å². The van der Waals surface area contributed by atoms with Gasteiger partial charge in [-0.2, -0.15) is 0 Å². The van der Waals surface area contributed by atoms with Crippen LogP contribution in [0.5, 0.6) is 0 Å². The molecule has 1 aliphatic rings.